The largest absolute Gasteiger partial charge is 0.333 e. The summed E-state index contributed by atoms with van der Waals surface area (Å²) in [6.07, 6.45) is 0.903. The van der Waals surface area contributed by atoms with E-state index in [1.807, 2.05) is 0 Å². The first-order chi connectivity index (χ1) is 7.66. The van der Waals surface area contributed by atoms with Gasteiger partial charge in [0.05, 0.1) is 0 Å². The first-order valence-electron chi connectivity index (χ1n) is 4.97. The van der Waals surface area contributed by atoms with Gasteiger partial charge in [0.1, 0.15) is 0 Å². The monoisotopic (exact) mass is 338 g/mol. The molecule has 0 aromatic rings. The summed E-state index contributed by atoms with van der Waals surface area (Å²) in [5.74, 6) is 0. The maximum Gasteiger partial charge on any atom is 0.318 e. The van der Waals surface area contributed by atoms with Gasteiger partial charge in [0.15, 0.2) is 15.2 Å². The summed E-state index contributed by atoms with van der Waals surface area (Å²) in [5, 5.41) is 1.03. The Morgan fingerprint density at radius 3 is 1.83 bits per heavy atom. The number of nitrogens with one attached hydrogen (secondary N) is 1. The summed E-state index contributed by atoms with van der Waals surface area (Å²) in [6, 6.07) is -0.635. The molecule has 108 valence electrons. The van der Waals surface area contributed by atoms with Gasteiger partial charge in [-0.3, -0.25) is 0 Å². The second-order valence-corrected chi connectivity index (χ2v) is 9.49. The topological polar surface area (TPSA) is 66.5 Å². The summed E-state index contributed by atoms with van der Waals surface area (Å²) >= 11 is 16.9. The molecule has 0 bridgehead atoms. The van der Waals surface area contributed by atoms with Gasteiger partial charge in [0.25, 0.3) is 0 Å². The molecule has 0 radical (unpaired) electrons. The molecule has 9 heteroatoms. The fourth-order valence-electron chi connectivity index (χ4n) is 1.27. The second kappa shape index (κ2) is 5.61. The van der Waals surface area contributed by atoms with Crippen molar-refractivity contribution in [2.75, 3.05) is 13.3 Å². The van der Waals surface area contributed by atoms with E-state index in [2.05, 4.69) is 5.32 Å². The number of carbonyl (C=O) groups is 1. The van der Waals surface area contributed by atoms with Crippen LogP contribution in [0.4, 0.5) is 4.79 Å². The molecule has 5 nitrogen and oxygen atoms in total. The molecule has 1 N–H and O–H groups in total. The van der Waals surface area contributed by atoms with E-state index < -0.39 is 30.6 Å². The Kier molecular flexibility index (Phi) is 5.64. The molecule has 0 aliphatic rings. The third-order valence-electron chi connectivity index (χ3n) is 1.84. The van der Waals surface area contributed by atoms with Gasteiger partial charge in [-0.1, -0.05) is 34.8 Å². The zero-order valence-corrected chi connectivity index (χ0v) is 13.9. The lowest BCUT2D eigenvalue weighted by Gasteiger charge is -2.33. The van der Waals surface area contributed by atoms with Crippen molar-refractivity contribution in [2.45, 2.75) is 35.5 Å². The van der Waals surface area contributed by atoms with E-state index in [4.69, 9.17) is 34.8 Å². The quantitative estimate of drug-likeness (QED) is 0.784. The smallest absolute Gasteiger partial charge is 0.318 e. The predicted molar refractivity (Wildman–Crippen MR) is 75.0 cm³/mol. The zero-order valence-electron chi connectivity index (χ0n) is 10.8. The standard InChI is InChI=1S/C9H17Cl3N2O3S/c1-8(2,3)13-7(15)14(4)6(9(10,11)12)18(5,16)17/h6H,1-5H3,(H,13,15). The van der Waals surface area contributed by atoms with E-state index in [0.29, 0.717) is 0 Å². The lowest BCUT2D eigenvalue weighted by Crippen LogP contribution is -2.56. The summed E-state index contributed by atoms with van der Waals surface area (Å²) in [4.78, 5) is 12.7. The van der Waals surface area contributed by atoms with Gasteiger partial charge in [0.2, 0.25) is 3.79 Å². The Balaban J connectivity index is 5.25. The highest BCUT2D eigenvalue weighted by Crippen LogP contribution is 2.35. The fourth-order valence-corrected chi connectivity index (χ4v) is 4.32. The summed E-state index contributed by atoms with van der Waals surface area (Å²) in [7, 11) is -2.49. The average Bonchev–Trinajstić information content (AvgIpc) is 1.93. The van der Waals surface area contributed by atoms with E-state index in [1.165, 1.54) is 7.05 Å². The number of halogens is 3. The molecule has 0 spiro atoms. The van der Waals surface area contributed by atoms with Crippen molar-refractivity contribution in [1.82, 2.24) is 10.2 Å². The molecule has 2 amide bonds. The molecule has 0 rings (SSSR count). The third-order valence-corrected chi connectivity index (χ3v) is 4.33. The van der Waals surface area contributed by atoms with Crippen molar-refractivity contribution in [3.05, 3.63) is 0 Å². The number of carbonyl (C=O) groups excluding carboxylic acids is 1. The van der Waals surface area contributed by atoms with Crippen LogP contribution in [0.1, 0.15) is 20.8 Å². The Bertz CT molecular complexity index is 412. The molecule has 0 aromatic carbocycles. The molecule has 18 heavy (non-hydrogen) atoms. The van der Waals surface area contributed by atoms with Crippen LogP contribution in [0.15, 0.2) is 0 Å². The summed E-state index contributed by atoms with van der Waals surface area (Å²) < 4.78 is 21.1. The first kappa shape index (κ1) is 18.1. The van der Waals surface area contributed by atoms with Crippen molar-refractivity contribution in [2.24, 2.45) is 0 Å². The number of rotatable bonds is 2. The number of sulfone groups is 1. The third kappa shape index (κ3) is 5.82. The molecule has 0 heterocycles. The maximum atomic E-state index is 11.9. The van der Waals surface area contributed by atoms with Crippen LogP contribution in [0.5, 0.6) is 0 Å². The fraction of sp³-hybridized carbons (Fsp3) is 0.889. The molecular weight excluding hydrogens is 323 g/mol. The van der Waals surface area contributed by atoms with E-state index >= 15 is 0 Å². The Morgan fingerprint density at radius 1 is 1.22 bits per heavy atom. The minimum atomic E-state index is -3.75. The number of nitrogens with zero attached hydrogens (tertiary/aromatic N) is 1. The normalized spacial score (nSPS) is 15.1. The minimum Gasteiger partial charge on any atom is -0.333 e. The van der Waals surface area contributed by atoms with Gasteiger partial charge in [-0.15, -0.1) is 0 Å². The highest BCUT2D eigenvalue weighted by atomic mass is 35.6. The van der Waals surface area contributed by atoms with Gasteiger partial charge in [-0.2, -0.15) is 0 Å². The molecule has 0 aliphatic carbocycles. The molecule has 0 aliphatic heterocycles. The zero-order chi connectivity index (χ0) is 14.9. The van der Waals surface area contributed by atoms with Crippen LogP contribution in [0.2, 0.25) is 0 Å². The van der Waals surface area contributed by atoms with Gasteiger partial charge >= 0.3 is 6.03 Å². The lowest BCUT2D eigenvalue weighted by molar-refractivity contribution is 0.194. The molecule has 0 fully saturated rings. The Labute approximate surface area is 123 Å². The van der Waals surface area contributed by atoms with E-state index in [0.717, 1.165) is 11.2 Å². The van der Waals surface area contributed by atoms with Crippen molar-refractivity contribution in [3.63, 3.8) is 0 Å². The molecule has 1 atom stereocenters. The Morgan fingerprint density at radius 2 is 1.61 bits per heavy atom. The summed E-state index contributed by atoms with van der Waals surface area (Å²) in [6.45, 7) is 5.26. The number of amides is 2. The van der Waals surface area contributed by atoms with Gasteiger partial charge in [-0.05, 0) is 20.8 Å². The highest BCUT2D eigenvalue weighted by molar-refractivity contribution is 7.91. The van der Waals surface area contributed by atoms with Crippen LogP contribution in [0, 0.1) is 0 Å². The van der Waals surface area contributed by atoms with Crippen LogP contribution in [0.25, 0.3) is 0 Å². The van der Waals surface area contributed by atoms with Crippen molar-refractivity contribution < 1.29 is 13.2 Å². The maximum absolute atomic E-state index is 11.9. The van der Waals surface area contributed by atoms with E-state index in [1.54, 1.807) is 20.8 Å². The number of alkyl halides is 3. The van der Waals surface area contributed by atoms with Gasteiger partial charge < -0.3 is 10.2 Å². The first-order valence-corrected chi connectivity index (χ1v) is 8.05. The number of hydrogen-bond acceptors (Lipinski definition) is 3. The van der Waals surface area contributed by atoms with Crippen LogP contribution >= 0.6 is 34.8 Å². The molecule has 1 unspecified atom stereocenters. The van der Waals surface area contributed by atoms with E-state index in [9.17, 15) is 13.2 Å². The lowest BCUT2D eigenvalue weighted by atomic mass is 10.1. The molecule has 0 saturated carbocycles. The van der Waals surface area contributed by atoms with Crippen LogP contribution < -0.4 is 5.32 Å². The van der Waals surface area contributed by atoms with Crippen LogP contribution in [-0.2, 0) is 9.84 Å². The van der Waals surface area contributed by atoms with Crippen LogP contribution in [0.3, 0.4) is 0 Å². The van der Waals surface area contributed by atoms with Crippen molar-refractivity contribution >= 4 is 50.7 Å². The molecule has 0 saturated heterocycles. The second-order valence-electron chi connectivity index (χ2n) is 5.01. The van der Waals surface area contributed by atoms with E-state index in [-0.39, 0.29) is 0 Å². The van der Waals surface area contributed by atoms with Gasteiger partial charge in [0, 0.05) is 18.8 Å². The van der Waals surface area contributed by atoms with Crippen molar-refractivity contribution in [3.8, 4) is 0 Å². The van der Waals surface area contributed by atoms with Crippen molar-refractivity contribution in [1.29, 1.82) is 0 Å². The average molecular weight is 340 g/mol. The van der Waals surface area contributed by atoms with Crippen LogP contribution in [-0.4, -0.2) is 47.4 Å². The predicted octanol–water partition coefficient (Wildman–Crippen LogP) is 2.17. The Hall–Kier alpha value is 0.0900. The molecular formula is C9H17Cl3N2O3S. The minimum absolute atomic E-state index is 0.527. The summed E-state index contributed by atoms with van der Waals surface area (Å²) in [5.41, 5.74) is -0.527. The molecule has 0 aromatic heterocycles. The number of urea groups is 1. The highest BCUT2D eigenvalue weighted by Gasteiger charge is 2.45. The SMILES string of the molecule is CN(C(=O)NC(C)(C)C)C(C(Cl)(Cl)Cl)S(C)(=O)=O. The number of hydrogen-bond donors (Lipinski definition) is 1. The van der Waals surface area contributed by atoms with Gasteiger partial charge in [-0.25, -0.2) is 13.2 Å².